The van der Waals surface area contributed by atoms with Crippen LogP contribution in [0.4, 0.5) is 4.39 Å². The Balaban J connectivity index is 1.25. The third-order valence-electron chi connectivity index (χ3n) is 8.78. The van der Waals surface area contributed by atoms with Gasteiger partial charge in [0, 0.05) is 42.0 Å². The fraction of sp³-hybridized carbons (Fsp3) is 0.441. The molecule has 0 saturated carbocycles. The van der Waals surface area contributed by atoms with Gasteiger partial charge in [0.1, 0.15) is 5.82 Å². The fourth-order valence-electron chi connectivity index (χ4n) is 6.65. The maximum absolute atomic E-state index is 15.6. The molecule has 2 aromatic carbocycles. The smallest absolute Gasteiger partial charge is 0.335 e. The molecule has 0 spiro atoms. The van der Waals surface area contributed by atoms with E-state index in [2.05, 4.69) is 18.0 Å². The minimum atomic E-state index is -1.03. The third kappa shape index (κ3) is 5.18. The predicted octanol–water partition coefficient (Wildman–Crippen LogP) is 5.88. The Hall–Kier alpha value is -3.82. The zero-order chi connectivity index (χ0) is 30.3. The molecule has 0 saturated heterocycles. The number of hydrogen-bond donors (Lipinski definition) is 0. The van der Waals surface area contributed by atoms with Crippen molar-refractivity contribution in [3.63, 3.8) is 0 Å². The van der Waals surface area contributed by atoms with E-state index < -0.39 is 23.7 Å². The number of hydrogen-bond acceptors (Lipinski definition) is 6. The van der Waals surface area contributed by atoms with Crippen LogP contribution in [-0.2, 0) is 43.9 Å². The summed E-state index contributed by atoms with van der Waals surface area (Å²) in [6.45, 7) is 9.96. The molecular formula is C34H38FN3O5. The second-order valence-corrected chi connectivity index (χ2v) is 11.6. The van der Waals surface area contributed by atoms with Crippen molar-refractivity contribution in [2.24, 2.45) is 0 Å². The molecule has 2 unspecified atom stereocenters. The van der Waals surface area contributed by atoms with Gasteiger partial charge in [0.25, 0.3) is 5.91 Å². The van der Waals surface area contributed by atoms with Gasteiger partial charge >= 0.3 is 5.97 Å². The number of aryl methyl sites for hydroxylation is 1. The Morgan fingerprint density at radius 2 is 1.79 bits per heavy atom. The molecule has 2 aliphatic heterocycles. The van der Waals surface area contributed by atoms with Gasteiger partial charge in [-0.3, -0.25) is 4.79 Å². The van der Waals surface area contributed by atoms with Crippen molar-refractivity contribution in [2.75, 3.05) is 19.8 Å². The molecule has 3 heterocycles. The van der Waals surface area contributed by atoms with Gasteiger partial charge in [-0.1, -0.05) is 37.3 Å². The Kier molecular flexibility index (Phi) is 7.96. The number of allylic oxidation sites excluding steroid dienone is 1. The first-order valence-corrected chi connectivity index (χ1v) is 15.2. The predicted molar refractivity (Wildman–Crippen MR) is 159 cm³/mol. The number of halogens is 1. The summed E-state index contributed by atoms with van der Waals surface area (Å²) in [4.78, 5) is 32.9. The summed E-state index contributed by atoms with van der Waals surface area (Å²) >= 11 is 0. The number of carbonyl (C=O) groups is 2. The van der Waals surface area contributed by atoms with Gasteiger partial charge in [-0.05, 0) is 74.4 Å². The molecule has 2 atom stereocenters. The maximum atomic E-state index is 15.6. The molecule has 1 amide bonds. The van der Waals surface area contributed by atoms with Crippen LogP contribution in [0.1, 0.15) is 79.5 Å². The summed E-state index contributed by atoms with van der Waals surface area (Å²) in [5.41, 5.74) is 5.54. The number of rotatable bonds is 11. The van der Waals surface area contributed by atoms with Crippen molar-refractivity contribution >= 4 is 11.9 Å². The van der Waals surface area contributed by atoms with Crippen LogP contribution in [0.2, 0.25) is 0 Å². The van der Waals surface area contributed by atoms with Crippen LogP contribution >= 0.6 is 0 Å². The fourth-order valence-corrected chi connectivity index (χ4v) is 6.65. The summed E-state index contributed by atoms with van der Waals surface area (Å²) in [6, 6.07) is 10.2. The number of esters is 1. The van der Waals surface area contributed by atoms with Crippen molar-refractivity contribution in [3.8, 4) is 11.1 Å². The van der Waals surface area contributed by atoms with Crippen LogP contribution in [0.15, 0.2) is 54.4 Å². The van der Waals surface area contributed by atoms with Gasteiger partial charge in [-0.2, -0.15) is 0 Å². The van der Waals surface area contributed by atoms with E-state index in [0.29, 0.717) is 24.5 Å². The number of benzene rings is 2. The Labute approximate surface area is 251 Å². The Morgan fingerprint density at radius 3 is 2.47 bits per heavy atom. The second kappa shape index (κ2) is 11.7. The maximum Gasteiger partial charge on any atom is 0.335 e. The average Bonchev–Trinajstić information content (AvgIpc) is 3.69. The molecule has 1 aromatic heterocycles. The van der Waals surface area contributed by atoms with E-state index in [1.165, 1.54) is 11.0 Å². The quantitative estimate of drug-likeness (QED) is 0.158. The zero-order valence-electron chi connectivity index (χ0n) is 25.2. The summed E-state index contributed by atoms with van der Waals surface area (Å²) in [5.74, 6) is -1.42. The van der Waals surface area contributed by atoms with Gasteiger partial charge < -0.3 is 23.7 Å². The largest absolute Gasteiger partial charge is 0.464 e. The highest BCUT2D eigenvalue weighted by molar-refractivity contribution is 6.02. The SMILES string of the molecule is CCOC(=O)C(c1ncn2c1CCC2)N1Cc2c(F)cc(-c3ccc(C4(C)C=C(C(OCC)OCC)C4)cc3)cc2C1=O. The van der Waals surface area contributed by atoms with Gasteiger partial charge in [0.15, 0.2) is 12.3 Å². The highest BCUT2D eigenvalue weighted by Gasteiger charge is 2.43. The molecule has 43 heavy (non-hydrogen) atoms. The number of ether oxygens (including phenoxy) is 3. The van der Waals surface area contributed by atoms with Crippen LogP contribution in [0.5, 0.6) is 0 Å². The number of imidazole rings is 1. The highest BCUT2D eigenvalue weighted by Crippen LogP contribution is 2.44. The van der Waals surface area contributed by atoms with Gasteiger partial charge in [0.05, 0.1) is 25.2 Å². The summed E-state index contributed by atoms with van der Waals surface area (Å²) < 4.78 is 34.5. The van der Waals surface area contributed by atoms with E-state index in [1.807, 2.05) is 42.7 Å². The van der Waals surface area contributed by atoms with E-state index in [9.17, 15) is 9.59 Å². The lowest BCUT2D eigenvalue weighted by molar-refractivity contribution is -0.149. The lowest BCUT2D eigenvalue weighted by Crippen LogP contribution is -2.36. The summed E-state index contributed by atoms with van der Waals surface area (Å²) in [5, 5.41) is 0. The molecule has 226 valence electrons. The number of carbonyl (C=O) groups excluding carboxylic acids is 2. The number of fused-ring (bicyclic) bond motifs is 2. The van der Waals surface area contributed by atoms with Crippen molar-refractivity contribution in [3.05, 3.63) is 88.3 Å². The van der Waals surface area contributed by atoms with Crippen LogP contribution in [0, 0.1) is 5.82 Å². The summed E-state index contributed by atoms with van der Waals surface area (Å²) in [7, 11) is 0. The lowest BCUT2D eigenvalue weighted by Gasteiger charge is -2.40. The molecule has 3 aliphatic rings. The standard InChI is InChI=1S/C34H38FN3O5/c1-5-41-32(40)30(29-28-9-8-14-37(28)20-36-29)38-19-26-25(31(38)39)15-22(16-27(26)35)21-10-12-24(13-11-21)34(4)17-23(18-34)33(42-6-2)43-7-3/h10-13,15-17,20,30,33H,5-9,14,18-19H2,1-4H3. The van der Waals surface area contributed by atoms with Gasteiger partial charge in [-0.25, -0.2) is 14.2 Å². The summed E-state index contributed by atoms with van der Waals surface area (Å²) in [6.07, 6.45) is 6.14. The molecule has 3 aromatic rings. The van der Waals surface area contributed by atoms with Crippen molar-refractivity contribution in [1.82, 2.24) is 14.5 Å². The lowest BCUT2D eigenvalue weighted by atomic mass is 9.67. The van der Waals surface area contributed by atoms with Crippen LogP contribution < -0.4 is 0 Å². The molecule has 0 fully saturated rings. The second-order valence-electron chi connectivity index (χ2n) is 11.6. The molecule has 8 nitrogen and oxygen atoms in total. The molecule has 0 radical (unpaired) electrons. The van der Waals surface area contributed by atoms with Crippen LogP contribution in [-0.4, -0.2) is 52.4 Å². The van der Waals surface area contributed by atoms with E-state index in [0.717, 1.165) is 48.2 Å². The van der Waals surface area contributed by atoms with Crippen molar-refractivity contribution in [2.45, 2.75) is 77.8 Å². The molecule has 1 aliphatic carbocycles. The topological polar surface area (TPSA) is 82.9 Å². The third-order valence-corrected chi connectivity index (χ3v) is 8.78. The van der Waals surface area contributed by atoms with Crippen LogP contribution in [0.25, 0.3) is 11.1 Å². The zero-order valence-corrected chi connectivity index (χ0v) is 25.2. The minimum Gasteiger partial charge on any atom is -0.464 e. The molecule has 6 rings (SSSR count). The van der Waals surface area contributed by atoms with Crippen LogP contribution in [0.3, 0.4) is 0 Å². The van der Waals surface area contributed by atoms with Gasteiger partial charge in [0.2, 0.25) is 0 Å². The molecule has 0 N–H and O–H groups in total. The van der Waals surface area contributed by atoms with E-state index >= 15 is 4.39 Å². The normalized spacial score (nSPS) is 19.7. The Morgan fingerprint density at radius 1 is 1.07 bits per heavy atom. The van der Waals surface area contributed by atoms with E-state index in [-0.39, 0.29) is 36.0 Å². The number of amides is 1. The van der Waals surface area contributed by atoms with Gasteiger partial charge in [-0.15, -0.1) is 0 Å². The molecule has 9 heteroatoms. The molecular weight excluding hydrogens is 549 g/mol. The first-order chi connectivity index (χ1) is 20.8. The van der Waals surface area contributed by atoms with Crippen molar-refractivity contribution in [1.29, 1.82) is 0 Å². The average molecular weight is 588 g/mol. The van der Waals surface area contributed by atoms with E-state index in [1.54, 1.807) is 19.3 Å². The van der Waals surface area contributed by atoms with Crippen molar-refractivity contribution < 1.29 is 28.2 Å². The number of nitrogens with zero attached hydrogens (tertiary/aromatic N) is 3. The first-order valence-electron chi connectivity index (χ1n) is 15.2. The van der Waals surface area contributed by atoms with E-state index in [4.69, 9.17) is 14.2 Å². The Bertz CT molecular complexity index is 1570. The first kappa shape index (κ1) is 29.3. The number of aromatic nitrogens is 2. The highest BCUT2D eigenvalue weighted by atomic mass is 19.1. The molecule has 0 bridgehead atoms. The minimum absolute atomic E-state index is 0.0213. The monoisotopic (exact) mass is 587 g/mol.